The van der Waals surface area contributed by atoms with E-state index in [-0.39, 0.29) is 5.97 Å². The third-order valence-electron chi connectivity index (χ3n) is 2.16. The number of nitrogen functional groups attached to an aromatic ring is 1. The SMILES string of the molecule is CCOC(=O)/C=C/CSc1cccc(C)c1N. The van der Waals surface area contributed by atoms with Crippen molar-refractivity contribution in [1.29, 1.82) is 0 Å². The maximum absolute atomic E-state index is 11.0. The van der Waals surface area contributed by atoms with E-state index in [2.05, 4.69) is 0 Å². The van der Waals surface area contributed by atoms with Crippen molar-refractivity contribution in [2.45, 2.75) is 18.7 Å². The Morgan fingerprint density at radius 1 is 1.53 bits per heavy atom. The second-order valence-electron chi connectivity index (χ2n) is 3.45. The Hall–Kier alpha value is -1.42. The molecule has 0 fully saturated rings. The molecule has 0 radical (unpaired) electrons. The van der Waals surface area contributed by atoms with E-state index < -0.39 is 0 Å². The molecule has 0 aromatic heterocycles. The summed E-state index contributed by atoms with van der Waals surface area (Å²) in [6.45, 7) is 4.17. The lowest BCUT2D eigenvalue weighted by Gasteiger charge is -2.05. The van der Waals surface area contributed by atoms with Crippen LogP contribution in [-0.4, -0.2) is 18.3 Å². The summed E-state index contributed by atoms with van der Waals surface area (Å²) >= 11 is 1.60. The first-order valence-corrected chi connectivity index (χ1v) is 6.45. The number of hydrogen-bond donors (Lipinski definition) is 1. The van der Waals surface area contributed by atoms with Crippen LogP contribution in [-0.2, 0) is 9.53 Å². The Balaban J connectivity index is 2.46. The number of carbonyl (C=O) groups excluding carboxylic acids is 1. The Kier molecular flexibility index (Phi) is 5.63. The average Bonchev–Trinajstić information content (AvgIpc) is 2.30. The molecule has 0 saturated carbocycles. The Labute approximate surface area is 106 Å². The number of carbonyl (C=O) groups is 1. The molecule has 0 saturated heterocycles. The Morgan fingerprint density at radius 3 is 3.00 bits per heavy atom. The number of aryl methyl sites for hydroxylation is 1. The average molecular weight is 251 g/mol. The standard InChI is InChI=1S/C13H17NO2S/c1-3-16-12(15)8-5-9-17-11-7-4-6-10(2)13(11)14/h4-8H,3,9,14H2,1-2H3/b8-5+. The summed E-state index contributed by atoms with van der Waals surface area (Å²) in [5.41, 5.74) is 7.82. The van der Waals surface area contributed by atoms with E-state index in [1.165, 1.54) is 6.08 Å². The third kappa shape index (κ3) is 4.53. The van der Waals surface area contributed by atoms with Gasteiger partial charge in [0.05, 0.1) is 6.61 Å². The molecule has 0 heterocycles. The molecule has 0 bridgehead atoms. The molecule has 0 spiro atoms. The van der Waals surface area contributed by atoms with E-state index in [4.69, 9.17) is 10.5 Å². The van der Waals surface area contributed by atoms with Gasteiger partial charge in [0.2, 0.25) is 0 Å². The van der Waals surface area contributed by atoms with Crippen LogP contribution in [0, 0.1) is 6.92 Å². The molecule has 2 N–H and O–H groups in total. The van der Waals surface area contributed by atoms with E-state index in [9.17, 15) is 4.79 Å². The zero-order chi connectivity index (χ0) is 12.7. The summed E-state index contributed by atoms with van der Waals surface area (Å²) < 4.78 is 4.78. The van der Waals surface area contributed by atoms with Crippen LogP contribution in [0.3, 0.4) is 0 Å². The molecule has 0 atom stereocenters. The quantitative estimate of drug-likeness (QED) is 0.378. The fourth-order valence-electron chi connectivity index (χ4n) is 1.25. The first-order chi connectivity index (χ1) is 8.15. The van der Waals surface area contributed by atoms with Crippen LogP contribution in [0.4, 0.5) is 5.69 Å². The number of para-hydroxylation sites is 1. The highest BCUT2D eigenvalue weighted by atomic mass is 32.2. The van der Waals surface area contributed by atoms with E-state index in [1.54, 1.807) is 24.8 Å². The number of benzene rings is 1. The van der Waals surface area contributed by atoms with Crippen LogP contribution < -0.4 is 5.73 Å². The molecule has 3 nitrogen and oxygen atoms in total. The highest BCUT2D eigenvalue weighted by Gasteiger charge is 2.00. The molecule has 92 valence electrons. The molecular formula is C13H17NO2S. The van der Waals surface area contributed by atoms with E-state index in [1.807, 2.05) is 25.1 Å². The number of esters is 1. The summed E-state index contributed by atoms with van der Waals surface area (Å²) in [4.78, 5) is 12.1. The van der Waals surface area contributed by atoms with Gasteiger partial charge in [-0.25, -0.2) is 4.79 Å². The summed E-state index contributed by atoms with van der Waals surface area (Å²) in [5.74, 6) is 0.400. The van der Waals surface area contributed by atoms with Crippen LogP contribution in [0.2, 0.25) is 0 Å². The lowest BCUT2D eigenvalue weighted by molar-refractivity contribution is -0.137. The second-order valence-corrected chi connectivity index (χ2v) is 4.51. The first kappa shape index (κ1) is 13.6. The van der Waals surface area contributed by atoms with Crippen molar-refractivity contribution in [1.82, 2.24) is 0 Å². The predicted octanol–water partition coefficient (Wildman–Crippen LogP) is 2.79. The molecule has 0 unspecified atom stereocenters. The summed E-state index contributed by atoms with van der Waals surface area (Å²) in [6, 6.07) is 5.93. The molecule has 0 amide bonds. The van der Waals surface area contributed by atoms with Crippen LogP contribution in [0.15, 0.2) is 35.2 Å². The van der Waals surface area contributed by atoms with Gasteiger partial charge in [-0.1, -0.05) is 18.2 Å². The zero-order valence-corrected chi connectivity index (χ0v) is 10.9. The minimum Gasteiger partial charge on any atom is -0.463 e. The normalized spacial score (nSPS) is 10.7. The smallest absolute Gasteiger partial charge is 0.330 e. The van der Waals surface area contributed by atoms with E-state index in [0.29, 0.717) is 12.4 Å². The van der Waals surface area contributed by atoms with Gasteiger partial charge in [-0.2, -0.15) is 0 Å². The zero-order valence-electron chi connectivity index (χ0n) is 10.1. The van der Waals surface area contributed by atoms with Crippen LogP contribution in [0.5, 0.6) is 0 Å². The number of hydrogen-bond acceptors (Lipinski definition) is 4. The molecule has 1 aromatic carbocycles. The van der Waals surface area contributed by atoms with Crippen molar-refractivity contribution in [3.05, 3.63) is 35.9 Å². The van der Waals surface area contributed by atoms with Crippen molar-refractivity contribution in [2.75, 3.05) is 18.1 Å². The van der Waals surface area contributed by atoms with Gasteiger partial charge in [0.15, 0.2) is 0 Å². The van der Waals surface area contributed by atoms with Crippen molar-refractivity contribution in [3.63, 3.8) is 0 Å². The Morgan fingerprint density at radius 2 is 2.29 bits per heavy atom. The number of ether oxygens (including phenoxy) is 1. The number of rotatable bonds is 5. The molecule has 0 aliphatic rings. The topological polar surface area (TPSA) is 52.3 Å². The number of nitrogens with two attached hydrogens (primary N) is 1. The lowest BCUT2D eigenvalue weighted by Crippen LogP contribution is -1.99. The monoisotopic (exact) mass is 251 g/mol. The summed E-state index contributed by atoms with van der Waals surface area (Å²) in [7, 11) is 0. The summed E-state index contributed by atoms with van der Waals surface area (Å²) in [5, 5.41) is 0. The summed E-state index contributed by atoms with van der Waals surface area (Å²) in [6.07, 6.45) is 3.23. The van der Waals surface area contributed by atoms with Gasteiger partial charge < -0.3 is 10.5 Å². The van der Waals surface area contributed by atoms with Gasteiger partial charge >= 0.3 is 5.97 Å². The fraction of sp³-hybridized carbons (Fsp3) is 0.308. The molecular weight excluding hydrogens is 234 g/mol. The van der Waals surface area contributed by atoms with Gasteiger partial charge in [-0.15, -0.1) is 11.8 Å². The van der Waals surface area contributed by atoms with Gasteiger partial charge in [0.1, 0.15) is 0 Å². The van der Waals surface area contributed by atoms with Crippen LogP contribution in [0.25, 0.3) is 0 Å². The molecule has 0 aliphatic heterocycles. The highest BCUT2D eigenvalue weighted by Crippen LogP contribution is 2.27. The largest absolute Gasteiger partial charge is 0.463 e. The molecule has 4 heteroatoms. The van der Waals surface area contributed by atoms with E-state index >= 15 is 0 Å². The van der Waals surface area contributed by atoms with Crippen LogP contribution in [0.1, 0.15) is 12.5 Å². The minimum atomic E-state index is -0.301. The maximum atomic E-state index is 11.0. The van der Waals surface area contributed by atoms with Crippen molar-refractivity contribution < 1.29 is 9.53 Å². The van der Waals surface area contributed by atoms with E-state index in [0.717, 1.165) is 16.1 Å². The second kappa shape index (κ2) is 7.01. The molecule has 1 aromatic rings. The van der Waals surface area contributed by atoms with Gasteiger partial charge in [0.25, 0.3) is 0 Å². The Bertz CT molecular complexity index is 416. The maximum Gasteiger partial charge on any atom is 0.330 e. The fourth-order valence-corrected chi connectivity index (χ4v) is 2.12. The van der Waals surface area contributed by atoms with Crippen molar-refractivity contribution in [3.8, 4) is 0 Å². The third-order valence-corrected chi connectivity index (χ3v) is 3.19. The minimum absolute atomic E-state index is 0.301. The molecule has 17 heavy (non-hydrogen) atoms. The number of anilines is 1. The first-order valence-electron chi connectivity index (χ1n) is 5.46. The van der Waals surface area contributed by atoms with Crippen LogP contribution >= 0.6 is 11.8 Å². The van der Waals surface area contributed by atoms with Gasteiger partial charge in [0, 0.05) is 22.4 Å². The van der Waals surface area contributed by atoms with Gasteiger partial charge in [-0.05, 0) is 25.5 Å². The number of thioether (sulfide) groups is 1. The van der Waals surface area contributed by atoms with Gasteiger partial charge in [-0.3, -0.25) is 0 Å². The molecule has 1 rings (SSSR count). The van der Waals surface area contributed by atoms with Crippen molar-refractivity contribution in [2.24, 2.45) is 0 Å². The lowest BCUT2D eigenvalue weighted by atomic mass is 10.2. The predicted molar refractivity (Wildman–Crippen MR) is 72.1 cm³/mol. The highest BCUT2D eigenvalue weighted by molar-refractivity contribution is 7.99. The van der Waals surface area contributed by atoms with Crippen molar-refractivity contribution >= 4 is 23.4 Å². The molecule has 0 aliphatic carbocycles.